The van der Waals surface area contributed by atoms with Gasteiger partial charge in [0.2, 0.25) is 5.91 Å². The van der Waals surface area contributed by atoms with Crippen LogP contribution < -0.4 is 4.90 Å². The number of ether oxygens (including phenoxy) is 1. The van der Waals surface area contributed by atoms with E-state index in [2.05, 4.69) is 6.07 Å². The number of halogens is 1. The summed E-state index contributed by atoms with van der Waals surface area (Å²) in [6.45, 7) is 2.35. The maximum atomic E-state index is 14.4. The molecule has 0 radical (unpaired) electrons. The molecule has 1 unspecified atom stereocenters. The second-order valence-electron chi connectivity index (χ2n) is 7.15. The van der Waals surface area contributed by atoms with Gasteiger partial charge in [0.15, 0.2) is 0 Å². The molecule has 6 nitrogen and oxygen atoms in total. The molecule has 0 N–H and O–H groups in total. The molecule has 1 atom stereocenters. The van der Waals surface area contributed by atoms with Gasteiger partial charge in [-0.05, 0) is 42.8 Å². The van der Waals surface area contributed by atoms with Crippen LogP contribution in [-0.4, -0.2) is 35.9 Å². The van der Waals surface area contributed by atoms with Gasteiger partial charge in [-0.3, -0.25) is 9.69 Å². The second kappa shape index (κ2) is 8.82. The third kappa shape index (κ3) is 4.01. The molecule has 2 heterocycles. The molecule has 2 aliphatic rings. The number of rotatable bonds is 4. The van der Waals surface area contributed by atoms with Gasteiger partial charge in [0.1, 0.15) is 5.82 Å². The summed E-state index contributed by atoms with van der Waals surface area (Å²) < 4.78 is 19.4. The SMILES string of the molecule is CCOC(=O)c1ccc(N2CSC3=C(C#N)C(c4ccccc4F)CC(=O)N3C2)cc1. The van der Waals surface area contributed by atoms with Crippen molar-refractivity contribution in [3.05, 3.63) is 76.1 Å². The van der Waals surface area contributed by atoms with Crippen molar-refractivity contribution >= 4 is 29.3 Å². The first-order valence-corrected chi connectivity index (χ1v) is 10.9. The number of fused-ring (bicyclic) bond motifs is 1. The number of nitriles is 1. The fourth-order valence-electron chi connectivity index (χ4n) is 3.77. The molecule has 0 aliphatic carbocycles. The zero-order valence-electron chi connectivity index (χ0n) is 16.9. The fourth-order valence-corrected chi connectivity index (χ4v) is 4.94. The summed E-state index contributed by atoms with van der Waals surface area (Å²) in [5.41, 5.74) is 2.11. The predicted octanol–water partition coefficient (Wildman–Crippen LogP) is 4.22. The molecule has 2 aromatic rings. The Hall–Kier alpha value is -3.31. The standard InChI is InChI=1S/C23H20FN3O3S/c1-2-30-23(29)15-7-9-16(10-8-15)26-13-27-21(28)11-18(17-5-3-4-6-20(17)24)19(12-25)22(27)31-14-26/h3-10,18H,2,11,13-14H2,1H3. The monoisotopic (exact) mass is 437 g/mol. The lowest BCUT2D eigenvalue weighted by atomic mass is 9.86. The number of benzene rings is 2. The number of amides is 1. The van der Waals surface area contributed by atoms with E-state index in [4.69, 9.17) is 4.74 Å². The number of anilines is 1. The van der Waals surface area contributed by atoms with Crippen molar-refractivity contribution in [2.24, 2.45) is 0 Å². The van der Waals surface area contributed by atoms with Crippen LogP contribution in [0.3, 0.4) is 0 Å². The zero-order chi connectivity index (χ0) is 22.0. The summed E-state index contributed by atoms with van der Waals surface area (Å²) in [6.07, 6.45) is 0.0452. The van der Waals surface area contributed by atoms with Gasteiger partial charge in [0, 0.05) is 18.0 Å². The van der Waals surface area contributed by atoms with Gasteiger partial charge in [-0.2, -0.15) is 5.26 Å². The lowest BCUT2D eigenvalue weighted by Crippen LogP contribution is -2.47. The van der Waals surface area contributed by atoms with Crippen LogP contribution in [0.25, 0.3) is 0 Å². The van der Waals surface area contributed by atoms with Gasteiger partial charge in [0.25, 0.3) is 0 Å². The number of allylic oxidation sites excluding steroid dienone is 1. The smallest absolute Gasteiger partial charge is 0.338 e. The van der Waals surface area contributed by atoms with E-state index >= 15 is 0 Å². The van der Waals surface area contributed by atoms with E-state index in [1.165, 1.54) is 17.8 Å². The summed E-state index contributed by atoms with van der Waals surface area (Å²) in [5, 5.41) is 10.4. The number of esters is 1. The molecule has 8 heteroatoms. The topological polar surface area (TPSA) is 73.6 Å². The molecular formula is C23H20FN3O3S. The highest BCUT2D eigenvalue weighted by Crippen LogP contribution is 2.43. The average molecular weight is 437 g/mol. The highest BCUT2D eigenvalue weighted by molar-refractivity contribution is 8.03. The van der Waals surface area contributed by atoms with Crippen molar-refractivity contribution < 1.29 is 18.7 Å². The molecule has 158 valence electrons. The summed E-state index contributed by atoms with van der Waals surface area (Å²) >= 11 is 1.38. The Kier molecular flexibility index (Phi) is 5.96. The van der Waals surface area contributed by atoms with Crippen LogP contribution in [0.1, 0.15) is 35.2 Å². The van der Waals surface area contributed by atoms with Gasteiger partial charge in [-0.25, -0.2) is 9.18 Å². The maximum absolute atomic E-state index is 14.4. The van der Waals surface area contributed by atoms with E-state index in [1.807, 2.05) is 17.0 Å². The van der Waals surface area contributed by atoms with Gasteiger partial charge in [-0.1, -0.05) is 30.0 Å². The molecule has 0 bridgehead atoms. The molecule has 0 spiro atoms. The Balaban J connectivity index is 1.58. The molecule has 1 amide bonds. The largest absolute Gasteiger partial charge is 0.462 e. The van der Waals surface area contributed by atoms with Gasteiger partial charge in [-0.15, -0.1) is 0 Å². The minimum absolute atomic E-state index is 0.0452. The van der Waals surface area contributed by atoms with Crippen LogP contribution in [-0.2, 0) is 9.53 Å². The van der Waals surface area contributed by atoms with E-state index in [9.17, 15) is 19.2 Å². The summed E-state index contributed by atoms with van der Waals surface area (Å²) in [7, 11) is 0. The zero-order valence-corrected chi connectivity index (χ0v) is 17.7. The lowest BCUT2D eigenvalue weighted by Gasteiger charge is -2.42. The summed E-state index contributed by atoms with van der Waals surface area (Å²) in [6, 6.07) is 15.5. The average Bonchev–Trinajstić information content (AvgIpc) is 2.79. The molecule has 2 aromatic carbocycles. The minimum Gasteiger partial charge on any atom is -0.462 e. The first-order valence-electron chi connectivity index (χ1n) is 9.87. The first-order chi connectivity index (χ1) is 15.0. The molecule has 0 saturated carbocycles. The maximum Gasteiger partial charge on any atom is 0.338 e. The fraction of sp³-hybridized carbons (Fsp3) is 0.261. The Bertz CT molecular complexity index is 1090. The Morgan fingerprint density at radius 2 is 2.00 bits per heavy atom. The molecule has 0 aromatic heterocycles. The van der Waals surface area contributed by atoms with Crippen LogP contribution in [0.5, 0.6) is 0 Å². The Labute approximate surface area is 183 Å². The summed E-state index contributed by atoms with van der Waals surface area (Å²) in [5.74, 6) is -0.995. The van der Waals surface area contributed by atoms with Crippen LogP contribution in [0, 0.1) is 17.1 Å². The lowest BCUT2D eigenvalue weighted by molar-refractivity contribution is -0.129. The predicted molar refractivity (Wildman–Crippen MR) is 115 cm³/mol. The van der Waals surface area contributed by atoms with Crippen molar-refractivity contribution in [2.75, 3.05) is 24.1 Å². The normalized spacial score (nSPS) is 18.5. The number of hydrogen-bond acceptors (Lipinski definition) is 6. The van der Waals surface area contributed by atoms with Crippen molar-refractivity contribution in [2.45, 2.75) is 19.3 Å². The Morgan fingerprint density at radius 1 is 1.26 bits per heavy atom. The molecule has 1 fully saturated rings. The van der Waals surface area contributed by atoms with Crippen LogP contribution in [0.4, 0.5) is 10.1 Å². The third-order valence-electron chi connectivity index (χ3n) is 5.32. The van der Waals surface area contributed by atoms with Crippen LogP contribution in [0.15, 0.2) is 59.1 Å². The minimum atomic E-state index is -0.576. The number of nitrogens with zero attached hydrogens (tertiary/aromatic N) is 3. The van der Waals surface area contributed by atoms with Crippen LogP contribution in [0.2, 0.25) is 0 Å². The third-order valence-corrected chi connectivity index (χ3v) is 6.47. The molecule has 4 rings (SSSR count). The van der Waals surface area contributed by atoms with Gasteiger partial charge >= 0.3 is 5.97 Å². The first kappa shape index (κ1) is 20.9. The number of carbonyl (C=O) groups is 2. The van der Waals surface area contributed by atoms with E-state index in [0.717, 1.165) is 5.69 Å². The van der Waals surface area contributed by atoms with E-state index in [1.54, 1.807) is 42.2 Å². The number of hydrogen-bond donors (Lipinski definition) is 0. The second-order valence-corrected chi connectivity index (χ2v) is 8.09. The van der Waals surface area contributed by atoms with E-state index in [0.29, 0.717) is 34.2 Å². The quantitative estimate of drug-likeness (QED) is 0.667. The van der Waals surface area contributed by atoms with Crippen molar-refractivity contribution in [3.8, 4) is 6.07 Å². The molecule has 2 aliphatic heterocycles. The van der Waals surface area contributed by atoms with Crippen molar-refractivity contribution in [1.82, 2.24) is 4.90 Å². The Morgan fingerprint density at radius 3 is 2.68 bits per heavy atom. The molecule has 1 saturated heterocycles. The number of carbonyl (C=O) groups excluding carboxylic acids is 2. The highest BCUT2D eigenvalue weighted by Gasteiger charge is 2.39. The van der Waals surface area contributed by atoms with Crippen LogP contribution >= 0.6 is 11.8 Å². The van der Waals surface area contributed by atoms with Crippen molar-refractivity contribution in [1.29, 1.82) is 5.26 Å². The van der Waals surface area contributed by atoms with E-state index in [-0.39, 0.29) is 25.0 Å². The van der Waals surface area contributed by atoms with Gasteiger partial charge < -0.3 is 9.64 Å². The summed E-state index contributed by atoms with van der Waals surface area (Å²) in [4.78, 5) is 28.4. The molecular weight excluding hydrogens is 417 g/mol. The van der Waals surface area contributed by atoms with Gasteiger partial charge in [0.05, 0.1) is 41.4 Å². The number of thioether (sulfide) groups is 1. The highest BCUT2D eigenvalue weighted by atomic mass is 32.2. The molecule has 31 heavy (non-hydrogen) atoms. The van der Waals surface area contributed by atoms with Crippen molar-refractivity contribution in [3.63, 3.8) is 0 Å². The van der Waals surface area contributed by atoms with E-state index < -0.39 is 11.7 Å².